The number of amides is 1. The van der Waals surface area contributed by atoms with E-state index in [2.05, 4.69) is 22.1 Å². The van der Waals surface area contributed by atoms with Crippen molar-refractivity contribution >= 4 is 5.91 Å². The maximum absolute atomic E-state index is 11.9. The molecule has 1 aromatic rings. The minimum atomic E-state index is -4.16. The number of aliphatic hydroxyl groups is 1. The molecular weight excluding hydrogens is 285 g/mol. The predicted octanol–water partition coefficient (Wildman–Crippen LogP) is 1.89. The van der Waals surface area contributed by atoms with E-state index in [1.165, 1.54) is 18.5 Å². The minimum absolute atomic E-state index is 0.0305. The Balaban J connectivity index is 2.49. The third kappa shape index (κ3) is 6.77. The van der Waals surface area contributed by atoms with Crippen molar-refractivity contribution in [1.82, 2.24) is 10.3 Å². The molecule has 1 aromatic heterocycles. The summed E-state index contributed by atoms with van der Waals surface area (Å²) in [6, 6.07) is 1.46. The zero-order chi connectivity index (χ0) is 15.7. The number of unbranched alkanes of at least 4 members (excludes halogenated alkanes) is 1. The molecule has 0 saturated heterocycles. The lowest BCUT2D eigenvalue weighted by Gasteiger charge is -2.08. The van der Waals surface area contributed by atoms with Crippen LogP contribution in [0.5, 0.6) is 0 Å². The molecule has 1 rings (SSSR count). The molecule has 0 spiro atoms. The highest BCUT2D eigenvalue weighted by atomic mass is 19.4. The summed E-state index contributed by atoms with van der Waals surface area (Å²) in [6.07, 6.45) is -2.00. The first kappa shape index (κ1) is 17.0. The van der Waals surface area contributed by atoms with Crippen LogP contribution in [0.4, 0.5) is 13.2 Å². The highest BCUT2D eigenvalue weighted by Crippen LogP contribution is 2.21. The summed E-state index contributed by atoms with van der Waals surface area (Å²) in [6.45, 7) is -0.183. The molecule has 0 atom stereocenters. The zero-order valence-corrected chi connectivity index (χ0v) is 11.2. The second-order valence-electron chi connectivity index (χ2n) is 4.21. The first-order valence-electron chi connectivity index (χ1n) is 6.33. The van der Waals surface area contributed by atoms with Gasteiger partial charge in [-0.15, -0.1) is 0 Å². The number of carbonyl (C=O) groups is 1. The Morgan fingerprint density at radius 3 is 2.81 bits per heavy atom. The molecule has 0 aliphatic heterocycles. The van der Waals surface area contributed by atoms with Gasteiger partial charge in [0.1, 0.15) is 6.61 Å². The van der Waals surface area contributed by atoms with Gasteiger partial charge < -0.3 is 10.4 Å². The molecule has 2 N–H and O–H groups in total. The molecule has 4 nitrogen and oxygen atoms in total. The highest BCUT2D eigenvalue weighted by Gasteiger charge is 2.25. The fraction of sp³-hybridized carbons (Fsp3) is 0.429. The lowest BCUT2D eigenvalue weighted by atomic mass is 10.1. The number of rotatable bonds is 5. The van der Waals surface area contributed by atoms with Gasteiger partial charge in [-0.1, -0.05) is 11.8 Å². The van der Waals surface area contributed by atoms with Crippen molar-refractivity contribution in [1.29, 1.82) is 0 Å². The molecule has 0 aliphatic carbocycles. The van der Waals surface area contributed by atoms with E-state index in [-0.39, 0.29) is 31.6 Å². The van der Waals surface area contributed by atoms with Crippen LogP contribution in [0.1, 0.15) is 35.2 Å². The molecule has 1 heterocycles. The van der Waals surface area contributed by atoms with Crippen LogP contribution in [0.2, 0.25) is 0 Å². The number of hydrogen-bond donors (Lipinski definition) is 2. The Morgan fingerprint density at radius 2 is 2.14 bits per heavy atom. The van der Waals surface area contributed by atoms with Crippen LogP contribution in [0, 0.1) is 11.8 Å². The number of aliphatic hydroxyl groups excluding tert-OH is 1. The van der Waals surface area contributed by atoms with Gasteiger partial charge in [-0.2, -0.15) is 13.2 Å². The van der Waals surface area contributed by atoms with Crippen LogP contribution in [-0.4, -0.2) is 35.3 Å². The third-order valence-electron chi connectivity index (χ3n) is 2.54. The van der Waals surface area contributed by atoms with E-state index in [0.717, 1.165) is 0 Å². The highest BCUT2D eigenvalue weighted by molar-refractivity contribution is 5.96. The normalized spacial score (nSPS) is 10.7. The van der Waals surface area contributed by atoms with Gasteiger partial charge in [0.15, 0.2) is 0 Å². The van der Waals surface area contributed by atoms with Gasteiger partial charge in [0.25, 0.3) is 5.91 Å². The summed E-state index contributed by atoms with van der Waals surface area (Å²) in [5.41, 5.74) is 0.640. The molecule has 114 valence electrons. The van der Waals surface area contributed by atoms with E-state index in [9.17, 15) is 18.0 Å². The molecule has 0 saturated carbocycles. The van der Waals surface area contributed by atoms with Crippen molar-refractivity contribution in [2.45, 2.75) is 25.4 Å². The van der Waals surface area contributed by atoms with Crippen LogP contribution in [-0.2, 0) is 0 Å². The van der Waals surface area contributed by atoms with Crippen LogP contribution < -0.4 is 5.32 Å². The second kappa shape index (κ2) is 8.27. The molecule has 0 fully saturated rings. The lowest BCUT2D eigenvalue weighted by molar-refractivity contribution is -0.135. The number of aromatic nitrogens is 1. The first-order chi connectivity index (χ1) is 9.94. The third-order valence-corrected chi connectivity index (χ3v) is 2.54. The van der Waals surface area contributed by atoms with Gasteiger partial charge in [0.05, 0.1) is 11.1 Å². The van der Waals surface area contributed by atoms with Gasteiger partial charge in [0.2, 0.25) is 0 Å². The molecule has 7 heteroatoms. The smallest absolute Gasteiger partial charge is 0.384 e. The standard InChI is InChI=1S/C14H15F3N2O2/c15-14(16,17)6-1-2-7-19-13(21)12-5-8-18-10-11(12)4-3-9-20/h5,8,10,20H,1-2,6-7,9H2,(H,19,21). The Labute approximate surface area is 120 Å². The molecule has 0 unspecified atom stereocenters. The van der Waals surface area contributed by atoms with Crippen LogP contribution in [0.25, 0.3) is 0 Å². The Kier molecular flexibility index (Phi) is 6.69. The number of pyridine rings is 1. The SMILES string of the molecule is O=C(NCCCCC(F)(F)F)c1ccncc1C#CCO. The fourth-order valence-electron chi connectivity index (χ4n) is 1.57. The van der Waals surface area contributed by atoms with Gasteiger partial charge in [-0.25, -0.2) is 0 Å². The summed E-state index contributed by atoms with van der Waals surface area (Å²) in [5, 5.41) is 11.2. The summed E-state index contributed by atoms with van der Waals surface area (Å²) >= 11 is 0. The molecule has 0 aliphatic rings. The van der Waals surface area contributed by atoms with Gasteiger partial charge in [0, 0.05) is 25.4 Å². The number of alkyl halides is 3. The van der Waals surface area contributed by atoms with Crippen molar-refractivity contribution < 1.29 is 23.1 Å². The lowest BCUT2D eigenvalue weighted by Crippen LogP contribution is -2.25. The quantitative estimate of drug-likeness (QED) is 0.645. The van der Waals surface area contributed by atoms with E-state index >= 15 is 0 Å². The fourth-order valence-corrected chi connectivity index (χ4v) is 1.57. The van der Waals surface area contributed by atoms with E-state index in [4.69, 9.17) is 5.11 Å². The average Bonchev–Trinajstić information content (AvgIpc) is 2.43. The van der Waals surface area contributed by atoms with Gasteiger partial charge >= 0.3 is 6.18 Å². The van der Waals surface area contributed by atoms with E-state index in [1.54, 1.807) is 0 Å². The van der Waals surface area contributed by atoms with Crippen molar-refractivity contribution in [3.63, 3.8) is 0 Å². The average molecular weight is 300 g/mol. The molecule has 0 radical (unpaired) electrons. The maximum atomic E-state index is 11.9. The number of carbonyl (C=O) groups excluding carboxylic acids is 1. The predicted molar refractivity (Wildman–Crippen MR) is 70.4 cm³/mol. The number of hydrogen-bond acceptors (Lipinski definition) is 3. The van der Waals surface area contributed by atoms with Gasteiger partial charge in [-0.05, 0) is 18.9 Å². The van der Waals surface area contributed by atoms with E-state index < -0.39 is 18.5 Å². The number of halogens is 3. The summed E-state index contributed by atoms with van der Waals surface area (Å²) in [4.78, 5) is 15.7. The zero-order valence-electron chi connectivity index (χ0n) is 11.2. The Hall–Kier alpha value is -2.07. The minimum Gasteiger partial charge on any atom is -0.384 e. The van der Waals surface area contributed by atoms with E-state index in [1.807, 2.05) is 0 Å². The summed E-state index contributed by atoms with van der Waals surface area (Å²) in [7, 11) is 0. The molecule has 0 aromatic carbocycles. The first-order valence-corrected chi connectivity index (χ1v) is 6.33. The van der Waals surface area contributed by atoms with Crippen molar-refractivity contribution in [2.75, 3.05) is 13.2 Å². The van der Waals surface area contributed by atoms with Crippen LogP contribution in [0.15, 0.2) is 18.5 Å². The maximum Gasteiger partial charge on any atom is 0.389 e. The molecule has 1 amide bonds. The van der Waals surface area contributed by atoms with Crippen molar-refractivity contribution in [2.24, 2.45) is 0 Å². The summed E-state index contributed by atoms with van der Waals surface area (Å²) < 4.78 is 35.8. The molecular formula is C14H15F3N2O2. The van der Waals surface area contributed by atoms with Crippen molar-refractivity contribution in [3.05, 3.63) is 29.6 Å². The van der Waals surface area contributed by atoms with Crippen molar-refractivity contribution in [3.8, 4) is 11.8 Å². The second-order valence-corrected chi connectivity index (χ2v) is 4.21. The topological polar surface area (TPSA) is 62.2 Å². The Morgan fingerprint density at radius 1 is 1.38 bits per heavy atom. The van der Waals surface area contributed by atoms with E-state index in [0.29, 0.717) is 5.56 Å². The monoisotopic (exact) mass is 300 g/mol. The van der Waals surface area contributed by atoms with Crippen LogP contribution in [0.3, 0.4) is 0 Å². The molecule has 21 heavy (non-hydrogen) atoms. The largest absolute Gasteiger partial charge is 0.389 e. The Bertz CT molecular complexity index is 533. The molecule has 0 bridgehead atoms. The number of nitrogens with zero attached hydrogens (tertiary/aromatic N) is 1. The van der Waals surface area contributed by atoms with Crippen LogP contribution >= 0.6 is 0 Å². The van der Waals surface area contributed by atoms with Gasteiger partial charge in [-0.3, -0.25) is 9.78 Å². The summed E-state index contributed by atoms with van der Waals surface area (Å²) in [5.74, 6) is 4.58. The number of nitrogens with one attached hydrogen (secondary N) is 1.